The van der Waals surface area contributed by atoms with Crippen molar-refractivity contribution in [3.63, 3.8) is 0 Å². The summed E-state index contributed by atoms with van der Waals surface area (Å²) in [5, 5.41) is 2.86. The standard InChI is InChI=1S/C34H37NO4/c1-25-30(13-9-14-33(25)28-10-5-4-6-11-28)24-38-32-20-17-29(12-7-8-21-35-26(2)36)34(22-32)39-23-27-15-18-31(37-3)19-16-27/h4-6,9-11,13-20,22H,7-8,12,21,23-24H2,1-3H3,(H,35,36). The van der Waals surface area contributed by atoms with E-state index in [1.807, 2.05) is 42.5 Å². The summed E-state index contributed by atoms with van der Waals surface area (Å²) in [4.78, 5) is 11.2. The Morgan fingerprint density at radius 3 is 2.28 bits per heavy atom. The van der Waals surface area contributed by atoms with E-state index in [0.29, 0.717) is 19.8 Å². The maximum atomic E-state index is 11.2. The van der Waals surface area contributed by atoms with E-state index in [0.717, 1.165) is 53.2 Å². The van der Waals surface area contributed by atoms with Crippen molar-refractivity contribution in [1.82, 2.24) is 5.32 Å². The molecule has 1 amide bonds. The fraction of sp³-hybridized carbons (Fsp3) is 0.265. The van der Waals surface area contributed by atoms with Crippen LogP contribution in [0.4, 0.5) is 0 Å². The van der Waals surface area contributed by atoms with Crippen molar-refractivity contribution in [2.24, 2.45) is 0 Å². The number of unbranched alkanes of at least 4 members (excludes halogenated alkanes) is 1. The lowest BCUT2D eigenvalue weighted by Gasteiger charge is -2.16. The van der Waals surface area contributed by atoms with E-state index in [1.54, 1.807) is 14.0 Å². The molecule has 0 bridgehead atoms. The van der Waals surface area contributed by atoms with Gasteiger partial charge in [-0.05, 0) is 77.8 Å². The summed E-state index contributed by atoms with van der Waals surface area (Å²) < 4.78 is 17.8. The minimum atomic E-state index is 0.00422. The third-order valence-electron chi connectivity index (χ3n) is 6.76. The normalized spacial score (nSPS) is 10.6. The molecule has 0 fully saturated rings. The number of hydrogen-bond donors (Lipinski definition) is 1. The molecular formula is C34H37NO4. The Morgan fingerprint density at radius 1 is 0.769 bits per heavy atom. The van der Waals surface area contributed by atoms with Gasteiger partial charge >= 0.3 is 0 Å². The number of ether oxygens (including phenoxy) is 3. The first-order valence-corrected chi connectivity index (χ1v) is 13.4. The number of hydrogen-bond acceptors (Lipinski definition) is 4. The molecule has 0 heterocycles. The number of carbonyl (C=O) groups excluding carboxylic acids is 1. The SMILES string of the molecule is COc1ccc(COc2cc(OCc3cccc(-c4ccccc4)c3C)ccc2CCCCNC(C)=O)cc1. The van der Waals surface area contributed by atoms with Crippen molar-refractivity contribution in [2.75, 3.05) is 13.7 Å². The summed E-state index contributed by atoms with van der Waals surface area (Å²) in [6.45, 7) is 5.29. The van der Waals surface area contributed by atoms with Gasteiger partial charge in [-0.25, -0.2) is 0 Å². The van der Waals surface area contributed by atoms with E-state index in [1.165, 1.54) is 16.7 Å². The van der Waals surface area contributed by atoms with Gasteiger partial charge in [0, 0.05) is 19.5 Å². The van der Waals surface area contributed by atoms with Crippen molar-refractivity contribution >= 4 is 5.91 Å². The molecule has 0 saturated heterocycles. The Balaban J connectivity index is 1.46. The van der Waals surface area contributed by atoms with Gasteiger partial charge in [-0.1, -0.05) is 66.7 Å². The van der Waals surface area contributed by atoms with Gasteiger partial charge in [-0.3, -0.25) is 4.79 Å². The topological polar surface area (TPSA) is 56.8 Å². The van der Waals surface area contributed by atoms with Gasteiger partial charge in [0.15, 0.2) is 0 Å². The van der Waals surface area contributed by atoms with Gasteiger partial charge in [-0.15, -0.1) is 0 Å². The summed E-state index contributed by atoms with van der Waals surface area (Å²) in [5.74, 6) is 2.41. The van der Waals surface area contributed by atoms with Gasteiger partial charge in [0.05, 0.1) is 7.11 Å². The highest BCUT2D eigenvalue weighted by atomic mass is 16.5. The molecule has 1 N–H and O–H groups in total. The van der Waals surface area contributed by atoms with Crippen LogP contribution in [0.15, 0.2) is 91.0 Å². The Kier molecular flexibility index (Phi) is 10.0. The average molecular weight is 524 g/mol. The van der Waals surface area contributed by atoms with Gasteiger partial charge in [-0.2, -0.15) is 0 Å². The number of carbonyl (C=O) groups is 1. The summed E-state index contributed by atoms with van der Waals surface area (Å²) >= 11 is 0. The molecule has 39 heavy (non-hydrogen) atoms. The maximum absolute atomic E-state index is 11.2. The van der Waals surface area contributed by atoms with Crippen LogP contribution in [-0.4, -0.2) is 19.6 Å². The second-order valence-corrected chi connectivity index (χ2v) is 9.59. The first kappa shape index (κ1) is 27.8. The Morgan fingerprint density at radius 2 is 1.54 bits per heavy atom. The molecule has 0 aliphatic rings. The van der Waals surface area contributed by atoms with Crippen LogP contribution in [0.5, 0.6) is 17.2 Å². The first-order chi connectivity index (χ1) is 19.0. The first-order valence-electron chi connectivity index (χ1n) is 13.4. The monoisotopic (exact) mass is 523 g/mol. The Bertz CT molecular complexity index is 1350. The number of benzene rings is 4. The van der Waals surface area contributed by atoms with Crippen LogP contribution >= 0.6 is 0 Å². The molecule has 4 aromatic carbocycles. The van der Waals surface area contributed by atoms with Gasteiger partial charge < -0.3 is 19.5 Å². The molecule has 0 radical (unpaired) electrons. The van der Waals surface area contributed by atoms with E-state index in [-0.39, 0.29) is 5.91 Å². The average Bonchev–Trinajstić information content (AvgIpc) is 2.96. The Labute approximate surface area is 231 Å². The van der Waals surface area contributed by atoms with Crippen molar-refractivity contribution in [1.29, 1.82) is 0 Å². The predicted octanol–water partition coefficient (Wildman–Crippen LogP) is 7.29. The fourth-order valence-corrected chi connectivity index (χ4v) is 4.48. The molecular weight excluding hydrogens is 486 g/mol. The van der Waals surface area contributed by atoms with Crippen molar-refractivity contribution in [2.45, 2.75) is 46.3 Å². The molecule has 5 heteroatoms. The highest BCUT2D eigenvalue weighted by molar-refractivity contribution is 5.72. The second-order valence-electron chi connectivity index (χ2n) is 9.59. The largest absolute Gasteiger partial charge is 0.497 e. The van der Waals surface area contributed by atoms with Crippen molar-refractivity contribution in [3.05, 3.63) is 113 Å². The molecule has 202 valence electrons. The number of amides is 1. The van der Waals surface area contributed by atoms with Crippen LogP contribution in [0.3, 0.4) is 0 Å². The lowest BCUT2D eigenvalue weighted by molar-refractivity contribution is -0.118. The van der Waals surface area contributed by atoms with Crippen LogP contribution in [0, 0.1) is 6.92 Å². The molecule has 4 rings (SSSR count). The third kappa shape index (κ3) is 8.11. The van der Waals surface area contributed by atoms with Gasteiger partial charge in [0.2, 0.25) is 5.91 Å². The molecule has 0 aromatic heterocycles. The van der Waals surface area contributed by atoms with E-state index in [9.17, 15) is 4.79 Å². The van der Waals surface area contributed by atoms with E-state index < -0.39 is 0 Å². The van der Waals surface area contributed by atoms with Crippen LogP contribution in [0.25, 0.3) is 11.1 Å². The maximum Gasteiger partial charge on any atom is 0.216 e. The smallest absolute Gasteiger partial charge is 0.216 e. The van der Waals surface area contributed by atoms with Crippen molar-refractivity contribution < 1.29 is 19.0 Å². The van der Waals surface area contributed by atoms with E-state index in [4.69, 9.17) is 14.2 Å². The third-order valence-corrected chi connectivity index (χ3v) is 6.76. The summed E-state index contributed by atoms with van der Waals surface area (Å²) in [7, 11) is 1.66. The van der Waals surface area contributed by atoms with Gasteiger partial charge in [0.25, 0.3) is 0 Å². The fourth-order valence-electron chi connectivity index (χ4n) is 4.48. The lowest BCUT2D eigenvalue weighted by Crippen LogP contribution is -2.20. The molecule has 5 nitrogen and oxygen atoms in total. The highest BCUT2D eigenvalue weighted by Crippen LogP contribution is 2.30. The van der Waals surface area contributed by atoms with E-state index in [2.05, 4.69) is 60.8 Å². The number of aryl methyl sites for hydroxylation is 1. The molecule has 4 aromatic rings. The van der Waals surface area contributed by atoms with E-state index >= 15 is 0 Å². The number of methoxy groups -OCH3 is 1. The van der Waals surface area contributed by atoms with Crippen LogP contribution < -0.4 is 19.5 Å². The molecule has 0 spiro atoms. The number of rotatable bonds is 13. The van der Waals surface area contributed by atoms with Crippen molar-refractivity contribution in [3.8, 4) is 28.4 Å². The molecule has 0 atom stereocenters. The zero-order chi connectivity index (χ0) is 27.5. The summed E-state index contributed by atoms with van der Waals surface area (Å²) in [5.41, 5.74) is 6.98. The van der Waals surface area contributed by atoms with Gasteiger partial charge in [0.1, 0.15) is 30.5 Å². The summed E-state index contributed by atoms with van der Waals surface area (Å²) in [6.07, 6.45) is 2.72. The van der Waals surface area contributed by atoms with Crippen LogP contribution in [0.1, 0.15) is 42.0 Å². The lowest BCUT2D eigenvalue weighted by atomic mass is 9.97. The summed E-state index contributed by atoms with van der Waals surface area (Å²) in [6, 6.07) is 30.8. The predicted molar refractivity (Wildman–Crippen MR) is 156 cm³/mol. The Hall–Kier alpha value is -4.25. The van der Waals surface area contributed by atoms with Crippen LogP contribution in [-0.2, 0) is 24.4 Å². The zero-order valence-electron chi connectivity index (χ0n) is 23.0. The van der Waals surface area contributed by atoms with Crippen LogP contribution in [0.2, 0.25) is 0 Å². The minimum Gasteiger partial charge on any atom is -0.497 e. The second kappa shape index (κ2) is 14.1. The number of nitrogens with one attached hydrogen (secondary N) is 1. The molecule has 0 aliphatic carbocycles. The zero-order valence-corrected chi connectivity index (χ0v) is 23.0. The molecule has 0 unspecified atom stereocenters. The molecule has 0 saturated carbocycles. The molecule has 0 aliphatic heterocycles. The highest BCUT2D eigenvalue weighted by Gasteiger charge is 2.10. The quantitative estimate of drug-likeness (QED) is 0.187. The minimum absolute atomic E-state index is 0.00422.